The van der Waals surface area contributed by atoms with Crippen LogP contribution in [-0.4, -0.2) is 78.4 Å². The number of rotatable bonds is 8. The van der Waals surface area contributed by atoms with E-state index in [1.165, 1.54) is 31.2 Å². The number of piperidine rings is 1. The van der Waals surface area contributed by atoms with Gasteiger partial charge in [0.1, 0.15) is 17.5 Å². The molecule has 3 aromatic rings. The first kappa shape index (κ1) is 22.7. The van der Waals surface area contributed by atoms with Crippen LogP contribution in [0.1, 0.15) is 35.3 Å². The Morgan fingerprint density at radius 2 is 1.85 bits per heavy atom. The van der Waals surface area contributed by atoms with Crippen LogP contribution in [0, 0.1) is 5.92 Å². The molecular formula is C25H32N6O3. The van der Waals surface area contributed by atoms with E-state index >= 15 is 0 Å². The number of likely N-dealkylation sites (tertiary alicyclic amines) is 1. The van der Waals surface area contributed by atoms with Gasteiger partial charge in [-0.15, -0.1) is 0 Å². The van der Waals surface area contributed by atoms with Crippen molar-refractivity contribution in [2.45, 2.75) is 25.7 Å². The molecule has 0 atom stereocenters. The van der Waals surface area contributed by atoms with Gasteiger partial charge in [0.25, 0.3) is 11.6 Å². The largest absolute Gasteiger partial charge is 0.378 e. The van der Waals surface area contributed by atoms with Crippen molar-refractivity contribution in [3.8, 4) is 0 Å². The fourth-order valence-electron chi connectivity index (χ4n) is 4.89. The number of aromatic nitrogens is 3. The van der Waals surface area contributed by atoms with Gasteiger partial charge in [-0.05, 0) is 56.8 Å². The highest BCUT2D eigenvalue weighted by molar-refractivity contribution is 6.07. The van der Waals surface area contributed by atoms with Crippen molar-refractivity contribution in [2.24, 2.45) is 5.92 Å². The molecule has 0 spiro atoms. The zero-order valence-corrected chi connectivity index (χ0v) is 19.5. The fraction of sp³-hybridized carbons (Fsp3) is 0.520. The molecule has 2 saturated heterocycles. The molecule has 0 radical (unpaired) electrons. The minimum absolute atomic E-state index is 0.246. The number of carbonyl (C=O) groups is 1. The summed E-state index contributed by atoms with van der Waals surface area (Å²) >= 11 is 0. The van der Waals surface area contributed by atoms with Crippen molar-refractivity contribution >= 4 is 22.8 Å². The molecule has 0 unspecified atom stereocenters. The average Bonchev–Trinajstić information content (AvgIpc) is 3.33. The van der Waals surface area contributed by atoms with E-state index in [1.54, 1.807) is 0 Å². The first-order valence-corrected chi connectivity index (χ1v) is 12.3. The highest BCUT2D eigenvalue weighted by atomic mass is 16.5. The molecule has 2 fully saturated rings. The number of benzene rings is 1. The highest BCUT2D eigenvalue weighted by Gasteiger charge is 2.25. The Labute approximate surface area is 199 Å². The van der Waals surface area contributed by atoms with Crippen LogP contribution < -0.4 is 10.2 Å². The quantitative estimate of drug-likeness (QED) is 0.508. The molecule has 9 nitrogen and oxygen atoms in total. The normalized spacial score (nSPS) is 17.8. The summed E-state index contributed by atoms with van der Waals surface area (Å²) < 4.78 is 10.8. The maximum atomic E-state index is 12.9. The second-order valence-corrected chi connectivity index (χ2v) is 9.09. The zero-order chi connectivity index (χ0) is 23.2. The molecule has 180 valence electrons. The lowest BCUT2D eigenvalue weighted by Crippen LogP contribution is -2.37. The van der Waals surface area contributed by atoms with Crippen molar-refractivity contribution in [1.29, 1.82) is 0 Å². The van der Waals surface area contributed by atoms with Crippen molar-refractivity contribution in [3.05, 3.63) is 47.9 Å². The van der Waals surface area contributed by atoms with Gasteiger partial charge in [-0.2, -0.15) is 4.98 Å². The third-order valence-corrected chi connectivity index (χ3v) is 6.79. The number of anilines is 1. The molecule has 2 aromatic heterocycles. The second kappa shape index (κ2) is 10.9. The lowest BCUT2D eigenvalue weighted by molar-refractivity contribution is 0.0943. The van der Waals surface area contributed by atoms with Crippen molar-refractivity contribution in [2.75, 3.05) is 57.4 Å². The number of carbonyl (C=O) groups excluding carboxylic acids is 1. The minimum Gasteiger partial charge on any atom is -0.378 e. The third kappa shape index (κ3) is 5.37. The van der Waals surface area contributed by atoms with E-state index in [1.807, 2.05) is 0 Å². The molecule has 9 heteroatoms. The summed E-state index contributed by atoms with van der Waals surface area (Å²) in [6.07, 6.45) is 5.99. The predicted molar refractivity (Wildman–Crippen MR) is 129 cm³/mol. The van der Waals surface area contributed by atoms with Crippen LogP contribution in [-0.2, 0) is 11.2 Å². The third-order valence-electron chi connectivity index (χ3n) is 6.79. The maximum Gasteiger partial charge on any atom is 0.274 e. The summed E-state index contributed by atoms with van der Waals surface area (Å²) in [4.78, 5) is 26.0. The fourth-order valence-corrected chi connectivity index (χ4v) is 4.89. The number of amides is 1. The Balaban J connectivity index is 1.09. The molecule has 34 heavy (non-hydrogen) atoms. The van der Waals surface area contributed by atoms with Gasteiger partial charge < -0.3 is 24.4 Å². The summed E-state index contributed by atoms with van der Waals surface area (Å²) in [6.45, 7) is 6.50. The monoisotopic (exact) mass is 464 g/mol. The average molecular weight is 465 g/mol. The molecule has 0 saturated carbocycles. The van der Waals surface area contributed by atoms with Crippen LogP contribution >= 0.6 is 0 Å². The summed E-state index contributed by atoms with van der Waals surface area (Å²) in [5.41, 5.74) is 2.02. The molecule has 1 amide bonds. The highest BCUT2D eigenvalue weighted by Crippen LogP contribution is 2.27. The van der Waals surface area contributed by atoms with E-state index in [0.29, 0.717) is 49.8 Å². The van der Waals surface area contributed by atoms with E-state index < -0.39 is 0 Å². The molecular weight excluding hydrogens is 432 g/mol. The van der Waals surface area contributed by atoms with Gasteiger partial charge in [0.05, 0.1) is 13.2 Å². The molecule has 1 N–H and O–H groups in total. The zero-order valence-electron chi connectivity index (χ0n) is 19.5. The Morgan fingerprint density at radius 3 is 2.65 bits per heavy atom. The van der Waals surface area contributed by atoms with E-state index in [-0.39, 0.29) is 11.6 Å². The Hall–Kier alpha value is -3.04. The number of nitrogens with zero attached hydrogens (tertiary/aromatic N) is 5. The molecule has 0 bridgehead atoms. The van der Waals surface area contributed by atoms with Crippen LogP contribution in [0.15, 0.2) is 41.2 Å². The Morgan fingerprint density at radius 1 is 1.06 bits per heavy atom. The van der Waals surface area contributed by atoms with Gasteiger partial charge in [-0.3, -0.25) is 4.79 Å². The smallest absolute Gasteiger partial charge is 0.274 e. The molecule has 2 aliphatic heterocycles. The number of fused-ring (bicyclic) bond motifs is 1. The first-order valence-electron chi connectivity index (χ1n) is 12.3. The lowest BCUT2D eigenvalue weighted by atomic mass is 9.90. The maximum absolute atomic E-state index is 12.9. The second-order valence-electron chi connectivity index (χ2n) is 9.09. The van der Waals surface area contributed by atoms with Gasteiger partial charge in [0, 0.05) is 19.6 Å². The minimum atomic E-state index is -0.246. The van der Waals surface area contributed by atoms with Gasteiger partial charge >= 0.3 is 0 Å². The van der Waals surface area contributed by atoms with Crippen LogP contribution in [0.2, 0.25) is 0 Å². The van der Waals surface area contributed by atoms with Gasteiger partial charge in [0.2, 0.25) is 0 Å². The van der Waals surface area contributed by atoms with Crippen LogP contribution in [0.25, 0.3) is 11.1 Å². The summed E-state index contributed by atoms with van der Waals surface area (Å²) in [6, 6.07) is 10.8. The number of hydrogen-bond donors (Lipinski definition) is 1. The van der Waals surface area contributed by atoms with E-state index in [2.05, 4.69) is 60.6 Å². The van der Waals surface area contributed by atoms with E-state index in [0.717, 1.165) is 32.0 Å². The number of morpholine rings is 1. The van der Waals surface area contributed by atoms with Gasteiger partial charge in [-0.25, -0.2) is 4.98 Å². The van der Waals surface area contributed by atoms with Crippen molar-refractivity contribution < 1.29 is 14.1 Å². The Kier molecular flexibility index (Phi) is 7.31. The SMILES string of the molecule is O=C(NCCCN1CCC(Cc2ccccc2)CC1)c1noc2ncnc(N3CCOCC3)c12. The van der Waals surface area contributed by atoms with E-state index in [4.69, 9.17) is 9.26 Å². The molecule has 4 heterocycles. The summed E-state index contributed by atoms with van der Waals surface area (Å²) in [5.74, 6) is 1.20. The summed E-state index contributed by atoms with van der Waals surface area (Å²) in [7, 11) is 0. The first-order chi connectivity index (χ1) is 16.8. The van der Waals surface area contributed by atoms with Crippen LogP contribution in [0.4, 0.5) is 5.82 Å². The predicted octanol–water partition coefficient (Wildman–Crippen LogP) is 2.53. The molecule has 5 rings (SSSR count). The lowest BCUT2D eigenvalue weighted by Gasteiger charge is -2.32. The standard InChI is InChI=1S/C25H32N6O3/c32-24(22-21-23(31-13-15-33-16-14-31)27-18-28-25(21)34-29-22)26-9-4-10-30-11-7-20(8-12-30)17-19-5-2-1-3-6-19/h1-3,5-6,18,20H,4,7-17H2,(H,26,32). The molecule has 2 aliphatic rings. The van der Waals surface area contributed by atoms with Crippen molar-refractivity contribution in [1.82, 2.24) is 25.3 Å². The van der Waals surface area contributed by atoms with Crippen LogP contribution in [0.3, 0.4) is 0 Å². The molecule has 1 aromatic carbocycles. The topological polar surface area (TPSA) is 96.6 Å². The van der Waals surface area contributed by atoms with Crippen LogP contribution in [0.5, 0.6) is 0 Å². The van der Waals surface area contributed by atoms with E-state index in [9.17, 15) is 4.79 Å². The van der Waals surface area contributed by atoms with Gasteiger partial charge in [-0.1, -0.05) is 35.5 Å². The Bertz CT molecular complexity index is 1070. The molecule has 0 aliphatic carbocycles. The van der Waals surface area contributed by atoms with Crippen molar-refractivity contribution in [3.63, 3.8) is 0 Å². The summed E-state index contributed by atoms with van der Waals surface area (Å²) in [5, 5.41) is 7.58. The number of hydrogen-bond acceptors (Lipinski definition) is 8. The number of ether oxygens (including phenoxy) is 1. The number of nitrogens with one attached hydrogen (secondary N) is 1. The van der Waals surface area contributed by atoms with Gasteiger partial charge in [0.15, 0.2) is 5.69 Å².